The number of methoxy groups -OCH3 is 2. The van der Waals surface area contributed by atoms with Crippen molar-refractivity contribution >= 4 is 29.6 Å². The summed E-state index contributed by atoms with van der Waals surface area (Å²) in [5.41, 5.74) is 0.841. The summed E-state index contributed by atoms with van der Waals surface area (Å²) in [6.07, 6.45) is 0.148. The topological polar surface area (TPSA) is 93.7 Å². The van der Waals surface area contributed by atoms with E-state index in [4.69, 9.17) is 9.47 Å². The van der Waals surface area contributed by atoms with Crippen LogP contribution in [0.2, 0.25) is 0 Å². The van der Waals surface area contributed by atoms with Crippen molar-refractivity contribution in [1.29, 1.82) is 0 Å². The van der Waals surface area contributed by atoms with E-state index in [9.17, 15) is 14.4 Å². The molecular weight excluding hydrogens is 356 g/mol. The van der Waals surface area contributed by atoms with Gasteiger partial charge < -0.3 is 14.8 Å². The van der Waals surface area contributed by atoms with Crippen LogP contribution in [0.5, 0.6) is 0 Å². The van der Waals surface area contributed by atoms with Crippen LogP contribution in [-0.2, 0) is 30.3 Å². The molecule has 8 heteroatoms. The number of carbonyl (C=O) groups is 3. The van der Waals surface area contributed by atoms with Gasteiger partial charge in [-0.3, -0.25) is 14.9 Å². The van der Waals surface area contributed by atoms with Crippen molar-refractivity contribution in [2.75, 3.05) is 14.2 Å². The van der Waals surface area contributed by atoms with E-state index in [0.717, 1.165) is 5.56 Å². The molecular formula is C18H24N2O5S. The zero-order valence-electron chi connectivity index (χ0n) is 15.3. The molecule has 2 unspecified atom stereocenters. The molecule has 0 bridgehead atoms. The van der Waals surface area contributed by atoms with Gasteiger partial charge in [0.1, 0.15) is 6.04 Å². The van der Waals surface area contributed by atoms with Crippen molar-refractivity contribution in [3.63, 3.8) is 0 Å². The Hall–Kier alpha value is -2.06. The van der Waals surface area contributed by atoms with E-state index in [-0.39, 0.29) is 12.3 Å². The van der Waals surface area contributed by atoms with E-state index in [0.29, 0.717) is 0 Å². The summed E-state index contributed by atoms with van der Waals surface area (Å²) < 4.78 is 9.16. The molecule has 1 aromatic carbocycles. The minimum atomic E-state index is -0.921. The molecule has 1 aromatic rings. The van der Waals surface area contributed by atoms with E-state index in [1.807, 2.05) is 44.2 Å². The Balaban J connectivity index is 2.11. The summed E-state index contributed by atoms with van der Waals surface area (Å²) in [6, 6.07) is 7.72. The van der Waals surface area contributed by atoms with Gasteiger partial charge in [0.15, 0.2) is 6.04 Å². The lowest BCUT2D eigenvalue weighted by Gasteiger charge is -2.23. The number of rotatable bonds is 6. The third kappa shape index (κ3) is 4.76. The van der Waals surface area contributed by atoms with Crippen LogP contribution in [0.25, 0.3) is 0 Å². The summed E-state index contributed by atoms with van der Waals surface area (Å²) in [6.45, 7) is 3.76. The molecule has 0 radical (unpaired) electrons. The highest BCUT2D eigenvalue weighted by atomic mass is 32.2. The highest BCUT2D eigenvalue weighted by molar-refractivity contribution is 8.01. The van der Waals surface area contributed by atoms with E-state index < -0.39 is 34.1 Å². The van der Waals surface area contributed by atoms with E-state index in [1.165, 1.54) is 26.0 Å². The van der Waals surface area contributed by atoms with Gasteiger partial charge in [-0.2, -0.15) is 0 Å². The molecule has 142 valence electrons. The predicted octanol–water partition coefficient (Wildman–Crippen LogP) is 0.870. The van der Waals surface area contributed by atoms with Crippen molar-refractivity contribution in [2.24, 2.45) is 0 Å². The molecule has 3 atom stereocenters. The first-order valence-electron chi connectivity index (χ1n) is 8.21. The summed E-state index contributed by atoms with van der Waals surface area (Å²) in [4.78, 5) is 36.6. The Morgan fingerprint density at radius 2 is 1.85 bits per heavy atom. The average molecular weight is 380 g/mol. The van der Waals surface area contributed by atoms with Crippen LogP contribution >= 0.6 is 11.8 Å². The lowest BCUT2D eigenvalue weighted by Crippen LogP contribution is -2.54. The maximum atomic E-state index is 12.4. The van der Waals surface area contributed by atoms with Crippen LogP contribution in [0, 0.1) is 0 Å². The van der Waals surface area contributed by atoms with Gasteiger partial charge in [0.25, 0.3) is 0 Å². The van der Waals surface area contributed by atoms with Gasteiger partial charge in [0, 0.05) is 4.75 Å². The highest BCUT2D eigenvalue weighted by Gasteiger charge is 2.50. The summed E-state index contributed by atoms with van der Waals surface area (Å²) >= 11 is 1.39. The Morgan fingerprint density at radius 1 is 1.19 bits per heavy atom. The van der Waals surface area contributed by atoms with Crippen molar-refractivity contribution < 1.29 is 23.9 Å². The highest BCUT2D eigenvalue weighted by Crippen LogP contribution is 2.39. The second-order valence-electron chi connectivity index (χ2n) is 6.50. The van der Waals surface area contributed by atoms with E-state index in [1.54, 1.807) is 0 Å². The standard InChI is InChI=1S/C18H24N2O5S/c1-18(2)14(17(23)25-4)20-15(26-18)13(16(22)24-3)19-12(21)10-11-8-6-5-7-9-11/h5-9,13-15,20H,10H2,1-4H3,(H,19,21)/t13?,14-,15?/m0/s1. The third-order valence-corrected chi connectivity index (χ3v) is 5.68. The Bertz CT molecular complexity index is 665. The minimum Gasteiger partial charge on any atom is -0.468 e. The van der Waals surface area contributed by atoms with E-state index in [2.05, 4.69) is 10.6 Å². The smallest absolute Gasteiger partial charge is 0.330 e. The zero-order valence-corrected chi connectivity index (χ0v) is 16.1. The Kier molecular flexibility index (Phi) is 6.66. The van der Waals surface area contributed by atoms with Crippen LogP contribution in [0.3, 0.4) is 0 Å². The molecule has 1 saturated heterocycles. The van der Waals surface area contributed by atoms with Crippen LogP contribution in [0.15, 0.2) is 30.3 Å². The maximum Gasteiger partial charge on any atom is 0.330 e. The van der Waals surface area contributed by atoms with Crippen molar-refractivity contribution in [3.05, 3.63) is 35.9 Å². The molecule has 1 fully saturated rings. The van der Waals surface area contributed by atoms with Gasteiger partial charge in [0.2, 0.25) is 5.91 Å². The average Bonchev–Trinajstić information content (AvgIpc) is 2.94. The quantitative estimate of drug-likeness (QED) is 0.707. The largest absolute Gasteiger partial charge is 0.468 e. The lowest BCUT2D eigenvalue weighted by atomic mass is 10.0. The van der Waals surface area contributed by atoms with Gasteiger partial charge in [-0.1, -0.05) is 30.3 Å². The van der Waals surface area contributed by atoms with Crippen LogP contribution in [0.4, 0.5) is 0 Å². The molecule has 1 amide bonds. The first kappa shape index (κ1) is 20.3. The van der Waals surface area contributed by atoms with Gasteiger partial charge in [0.05, 0.1) is 26.0 Å². The maximum absolute atomic E-state index is 12.4. The lowest BCUT2D eigenvalue weighted by molar-refractivity contribution is -0.146. The second kappa shape index (κ2) is 8.55. The molecule has 2 N–H and O–H groups in total. The van der Waals surface area contributed by atoms with Gasteiger partial charge in [-0.25, -0.2) is 4.79 Å². The number of carbonyl (C=O) groups excluding carboxylic acids is 3. The monoisotopic (exact) mass is 380 g/mol. The predicted molar refractivity (Wildman–Crippen MR) is 98.5 cm³/mol. The van der Waals surface area contributed by atoms with Crippen molar-refractivity contribution in [1.82, 2.24) is 10.6 Å². The Labute approximate surface area is 157 Å². The molecule has 1 heterocycles. The molecule has 0 aliphatic carbocycles. The number of hydrogen-bond acceptors (Lipinski definition) is 7. The number of nitrogens with one attached hydrogen (secondary N) is 2. The molecule has 1 aliphatic rings. The molecule has 1 aliphatic heterocycles. The summed E-state index contributed by atoms with van der Waals surface area (Å²) in [5.74, 6) is -1.28. The second-order valence-corrected chi connectivity index (χ2v) is 8.29. The van der Waals surface area contributed by atoms with Crippen molar-refractivity contribution in [2.45, 2.75) is 42.5 Å². The number of ether oxygens (including phenoxy) is 2. The van der Waals surface area contributed by atoms with Gasteiger partial charge in [-0.05, 0) is 19.4 Å². The first-order valence-corrected chi connectivity index (χ1v) is 9.09. The van der Waals surface area contributed by atoms with Crippen molar-refractivity contribution in [3.8, 4) is 0 Å². The summed E-state index contributed by atoms with van der Waals surface area (Å²) in [7, 11) is 2.58. The first-order chi connectivity index (χ1) is 12.3. The number of esters is 2. The van der Waals surface area contributed by atoms with Crippen LogP contribution in [0.1, 0.15) is 19.4 Å². The van der Waals surface area contributed by atoms with E-state index >= 15 is 0 Å². The number of thioether (sulfide) groups is 1. The number of benzene rings is 1. The number of hydrogen-bond donors (Lipinski definition) is 2. The molecule has 26 heavy (non-hydrogen) atoms. The third-order valence-electron chi connectivity index (χ3n) is 4.18. The van der Waals surface area contributed by atoms with Crippen LogP contribution in [-0.4, -0.2) is 54.3 Å². The Morgan fingerprint density at radius 3 is 2.42 bits per heavy atom. The van der Waals surface area contributed by atoms with Gasteiger partial charge in [-0.15, -0.1) is 11.8 Å². The molecule has 0 aromatic heterocycles. The number of amides is 1. The fraction of sp³-hybridized carbons (Fsp3) is 0.500. The molecule has 0 spiro atoms. The van der Waals surface area contributed by atoms with Gasteiger partial charge >= 0.3 is 11.9 Å². The fourth-order valence-corrected chi connectivity index (χ4v) is 4.29. The van der Waals surface area contributed by atoms with Crippen LogP contribution < -0.4 is 10.6 Å². The molecule has 0 saturated carbocycles. The minimum absolute atomic E-state index is 0.148. The molecule has 7 nitrogen and oxygen atoms in total. The zero-order chi connectivity index (χ0) is 19.3. The molecule has 2 rings (SSSR count). The summed E-state index contributed by atoms with van der Waals surface area (Å²) in [5, 5.41) is 5.30. The normalized spacial score (nSPS) is 22.3. The SMILES string of the molecule is COC(=O)C(NC(=O)Cc1ccccc1)C1N[C@@H](C(=O)OC)C(C)(C)S1. The fourth-order valence-electron chi connectivity index (χ4n) is 2.82.